The summed E-state index contributed by atoms with van der Waals surface area (Å²) in [6.07, 6.45) is 3.41. The van der Waals surface area contributed by atoms with Crippen LogP contribution in [0.1, 0.15) is 13.3 Å². The summed E-state index contributed by atoms with van der Waals surface area (Å²) in [6, 6.07) is 0. The normalized spacial score (nSPS) is 22.9. The van der Waals surface area contributed by atoms with Gasteiger partial charge in [-0.1, -0.05) is 6.92 Å². The van der Waals surface area contributed by atoms with Crippen LogP contribution in [0, 0.1) is 11.8 Å². The van der Waals surface area contributed by atoms with Gasteiger partial charge >= 0.3 is 5.97 Å². The van der Waals surface area contributed by atoms with Crippen LogP contribution >= 0.6 is 0 Å². The van der Waals surface area contributed by atoms with E-state index < -0.39 is 16.0 Å². The first-order valence-corrected chi connectivity index (χ1v) is 7.10. The molecule has 1 aromatic heterocycles. The van der Waals surface area contributed by atoms with Gasteiger partial charge in [-0.2, -0.15) is 5.10 Å². The quantitative estimate of drug-likeness (QED) is 0.753. The van der Waals surface area contributed by atoms with Gasteiger partial charge in [-0.15, -0.1) is 0 Å². The molecule has 1 fully saturated rings. The van der Waals surface area contributed by atoms with Gasteiger partial charge in [0.25, 0.3) is 0 Å². The molecule has 0 aromatic carbocycles. The molecule has 1 aromatic rings. The Morgan fingerprint density at radius 3 is 2.89 bits per heavy atom. The second-order valence-corrected chi connectivity index (χ2v) is 6.36. The fourth-order valence-electron chi connectivity index (χ4n) is 1.69. The molecular formula is C10H15N3O4S. The second-order valence-electron chi connectivity index (χ2n) is 4.59. The van der Waals surface area contributed by atoms with E-state index in [1.807, 2.05) is 0 Å². The van der Waals surface area contributed by atoms with Gasteiger partial charge in [-0.25, -0.2) is 13.1 Å². The summed E-state index contributed by atoms with van der Waals surface area (Å²) in [5, 5.41) is 12.3. The highest BCUT2D eigenvalue weighted by molar-refractivity contribution is 7.89. The lowest BCUT2D eigenvalue weighted by Crippen LogP contribution is -2.26. The van der Waals surface area contributed by atoms with E-state index in [9.17, 15) is 13.2 Å². The standard InChI is InChI=1S/C10H15N3O4S/c1-7-2-8(7)3-12-18(16,17)9-4-11-13(5-9)6-10(14)15/h4-5,7-8,12H,2-3,6H2,1H3,(H,14,15). The molecule has 18 heavy (non-hydrogen) atoms. The van der Waals surface area contributed by atoms with Crippen molar-refractivity contribution in [1.82, 2.24) is 14.5 Å². The first-order valence-electron chi connectivity index (χ1n) is 5.62. The molecule has 100 valence electrons. The van der Waals surface area contributed by atoms with Gasteiger partial charge in [0.1, 0.15) is 11.4 Å². The summed E-state index contributed by atoms with van der Waals surface area (Å²) in [6.45, 7) is 2.15. The van der Waals surface area contributed by atoms with Crippen molar-refractivity contribution in [2.24, 2.45) is 11.8 Å². The van der Waals surface area contributed by atoms with E-state index >= 15 is 0 Å². The number of sulfonamides is 1. The number of nitrogens with one attached hydrogen (secondary N) is 1. The van der Waals surface area contributed by atoms with Crippen molar-refractivity contribution >= 4 is 16.0 Å². The van der Waals surface area contributed by atoms with Gasteiger partial charge in [0.15, 0.2) is 0 Å². The Balaban J connectivity index is 2.00. The molecule has 0 amide bonds. The van der Waals surface area contributed by atoms with Crippen molar-refractivity contribution in [3.05, 3.63) is 12.4 Å². The van der Waals surface area contributed by atoms with E-state index in [0.717, 1.165) is 17.3 Å². The monoisotopic (exact) mass is 273 g/mol. The van der Waals surface area contributed by atoms with E-state index in [0.29, 0.717) is 18.4 Å². The minimum atomic E-state index is -3.58. The first-order chi connectivity index (χ1) is 8.38. The van der Waals surface area contributed by atoms with E-state index in [4.69, 9.17) is 5.11 Å². The zero-order chi connectivity index (χ0) is 13.3. The van der Waals surface area contributed by atoms with Crippen LogP contribution in [0.15, 0.2) is 17.3 Å². The van der Waals surface area contributed by atoms with E-state index in [-0.39, 0.29) is 11.4 Å². The summed E-state index contributed by atoms with van der Waals surface area (Å²) >= 11 is 0. The van der Waals surface area contributed by atoms with Crippen molar-refractivity contribution in [1.29, 1.82) is 0 Å². The van der Waals surface area contributed by atoms with Crippen molar-refractivity contribution in [2.75, 3.05) is 6.54 Å². The number of carboxylic acids is 1. The number of nitrogens with zero attached hydrogens (tertiary/aromatic N) is 2. The summed E-state index contributed by atoms with van der Waals surface area (Å²) in [7, 11) is -3.58. The number of hydrogen-bond acceptors (Lipinski definition) is 4. The molecule has 0 radical (unpaired) electrons. The molecule has 0 saturated heterocycles. The average Bonchev–Trinajstić information content (AvgIpc) is 2.75. The molecular weight excluding hydrogens is 258 g/mol. The molecule has 2 rings (SSSR count). The highest BCUT2D eigenvalue weighted by Gasteiger charge is 2.33. The summed E-state index contributed by atoms with van der Waals surface area (Å²) in [5.41, 5.74) is 0. The van der Waals surface area contributed by atoms with E-state index in [1.54, 1.807) is 0 Å². The maximum Gasteiger partial charge on any atom is 0.325 e. The molecule has 1 saturated carbocycles. The molecule has 2 N–H and O–H groups in total. The van der Waals surface area contributed by atoms with Crippen LogP contribution in [-0.2, 0) is 21.4 Å². The molecule has 0 bridgehead atoms. The molecule has 0 aliphatic heterocycles. The Morgan fingerprint density at radius 1 is 1.67 bits per heavy atom. The number of rotatable bonds is 6. The van der Waals surface area contributed by atoms with Crippen molar-refractivity contribution in [3.8, 4) is 0 Å². The van der Waals surface area contributed by atoms with Gasteiger partial charge in [0, 0.05) is 12.7 Å². The van der Waals surface area contributed by atoms with Crippen LogP contribution in [-0.4, -0.2) is 35.8 Å². The zero-order valence-corrected chi connectivity index (χ0v) is 10.7. The van der Waals surface area contributed by atoms with E-state index in [1.165, 1.54) is 6.20 Å². The predicted octanol–water partition coefficient (Wildman–Crippen LogP) is -0.0980. The van der Waals surface area contributed by atoms with Crippen molar-refractivity contribution in [2.45, 2.75) is 24.8 Å². The van der Waals surface area contributed by atoms with Gasteiger partial charge < -0.3 is 5.11 Å². The third-order valence-corrected chi connectivity index (χ3v) is 4.41. The fraction of sp³-hybridized carbons (Fsp3) is 0.600. The third-order valence-electron chi connectivity index (χ3n) is 3.03. The maximum absolute atomic E-state index is 11.9. The van der Waals surface area contributed by atoms with Gasteiger partial charge in [-0.05, 0) is 18.3 Å². The van der Waals surface area contributed by atoms with Crippen molar-refractivity contribution in [3.63, 3.8) is 0 Å². The molecule has 7 nitrogen and oxygen atoms in total. The van der Waals surface area contributed by atoms with Crippen LogP contribution in [0.25, 0.3) is 0 Å². The highest BCUT2D eigenvalue weighted by atomic mass is 32.2. The molecule has 8 heteroatoms. The van der Waals surface area contributed by atoms with Crippen LogP contribution in [0.3, 0.4) is 0 Å². The smallest absolute Gasteiger partial charge is 0.325 e. The second kappa shape index (κ2) is 4.69. The summed E-state index contributed by atoms with van der Waals surface area (Å²) in [5.74, 6) is -0.0851. The topological polar surface area (TPSA) is 101 Å². The Kier molecular flexibility index (Phi) is 3.40. The number of carbonyl (C=O) groups is 1. The average molecular weight is 273 g/mol. The minimum absolute atomic E-state index is 0.00273. The summed E-state index contributed by atoms with van der Waals surface area (Å²) in [4.78, 5) is 10.5. The summed E-state index contributed by atoms with van der Waals surface area (Å²) < 4.78 is 27.3. The van der Waals surface area contributed by atoms with Gasteiger partial charge in [0.05, 0.1) is 6.20 Å². The maximum atomic E-state index is 11.9. The lowest BCUT2D eigenvalue weighted by atomic mass is 10.3. The number of aromatic nitrogens is 2. The number of carboxylic acid groups (broad SMARTS) is 1. The molecule has 1 aliphatic rings. The third kappa shape index (κ3) is 3.08. The Hall–Kier alpha value is -1.41. The van der Waals surface area contributed by atoms with Crippen LogP contribution in [0.4, 0.5) is 0 Å². The lowest BCUT2D eigenvalue weighted by Gasteiger charge is -2.03. The number of hydrogen-bond donors (Lipinski definition) is 2. The highest BCUT2D eigenvalue weighted by Crippen LogP contribution is 2.37. The number of aliphatic carboxylic acids is 1. The first kappa shape index (κ1) is 13.0. The van der Waals surface area contributed by atoms with Gasteiger partial charge in [-0.3, -0.25) is 9.48 Å². The van der Waals surface area contributed by atoms with Crippen molar-refractivity contribution < 1.29 is 18.3 Å². The van der Waals surface area contributed by atoms with Gasteiger partial charge in [0.2, 0.25) is 10.0 Å². The zero-order valence-electron chi connectivity index (χ0n) is 9.91. The Bertz CT molecular complexity index is 551. The molecule has 2 atom stereocenters. The largest absolute Gasteiger partial charge is 0.480 e. The van der Waals surface area contributed by atoms with E-state index in [2.05, 4.69) is 16.7 Å². The van der Waals surface area contributed by atoms with Crippen LogP contribution in [0.2, 0.25) is 0 Å². The molecule has 2 unspecified atom stereocenters. The predicted molar refractivity (Wildman–Crippen MR) is 62.3 cm³/mol. The molecule has 1 heterocycles. The van der Waals surface area contributed by atoms with Crippen LogP contribution < -0.4 is 4.72 Å². The fourth-order valence-corrected chi connectivity index (χ4v) is 2.74. The molecule has 0 spiro atoms. The lowest BCUT2D eigenvalue weighted by molar-refractivity contribution is -0.137. The molecule has 1 aliphatic carbocycles. The Labute approximate surface area is 105 Å². The van der Waals surface area contributed by atoms with Crippen LogP contribution in [0.5, 0.6) is 0 Å². The Morgan fingerprint density at radius 2 is 2.33 bits per heavy atom. The minimum Gasteiger partial charge on any atom is -0.480 e. The SMILES string of the molecule is CC1CC1CNS(=O)(=O)c1cnn(CC(=O)O)c1.